The van der Waals surface area contributed by atoms with Crippen LogP contribution in [0.3, 0.4) is 0 Å². The Kier molecular flexibility index (Phi) is 3.62. The lowest BCUT2D eigenvalue weighted by Crippen LogP contribution is -1.95. The number of aryl methyl sites for hydroxylation is 2. The molecule has 0 bridgehead atoms. The van der Waals surface area contributed by atoms with Crippen molar-refractivity contribution in [1.29, 1.82) is 0 Å². The predicted octanol–water partition coefficient (Wildman–Crippen LogP) is 4.49. The maximum Gasteiger partial charge on any atom is 0.123 e. The van der Waals surface area contributed by atoms with E-state index in [1.165, 1.54) is 6.07 Å². The number of aromatic nitrogens is 1. The van der Waals surface area contributed by atoms with Gasteiger partial charge in [-0.3, -0.25) is 4.98 Å². The monoisotopic (exact) mass is 316 g/mol. The van der Waals surface area contributed by atoms with Crippen molar-refractivity contribution in [3.8, 4) is 0 Å². The lowest BCUT2D eigenvalue weighted by molar-refractivity contribution is 0.625. The Hall–Kier alpha value is -2.94. The molecule has 1 aliphatic rings. The first-order valence-electron chi connectivity index (χ1n) is 8.01. The molecule has 118 valence electrons. The summed E-state index contributed by atoms with van der Waals surface area (Å²) in [6.07, 6.45) is 5.54. The van der Waals surface area contributed by atoms with Crippen LogP contribution in [0.25, 0.3) is 11.6 Å². The van der Waals surface area contributed by atoms with Crippen molar-refractivity contribution in [2.24, 2.45) is 0 Å². The van der Waals surface area contributed by atoms with Gasteiger partial charge in [0.1, 0.15) is 5.82 Å². The SMILES string of the molecule is Nc1ccc(/C=C2/c3ccc(F)cc3CCc3ncccc32)cc1. The summed E-state index contributed by atoms with van der Waals surface area (Å²) in [6.45, 7) is 0. The molecule has 0 fully saturated rings. The van der Waals surface area contributed by atoms with Gasteiger partial charge in [-0.1, -0.05) is 24.3 Å². The second-order valence-electron chi connectivity index (χ2n) is 6.02. The number of rotatable bonds is 1. The van der Waals surface area contributed by atoms with Crippen LogP contribution in [0.1, 0.15) is 27.9 Å². The van der Waals surface area contributed by atoms with Gasteiger partial charge in [-0.2, -0.15) is 0 Å². The van der Waals surface area contributed by atoms with Crippen LogP contribution in [-0.4, -0.2) is 4.98 Å². The maximum absolute atomic E-state index is 13.7. The first kappa shape index (κ1) is 14.6. The number of nitrogens with zero attached hydrogens (tertiary/aromatic N) is 1. The summed E-state index contributed by atoms with van der Waals surface area (Å²) in [5, 5.41) is 0. The Labute approximate surface area is 140 Å². The standard InChI is InChI=1S/C21H17FN2/c22-16-6-9-18-15(13-16)5-10-21-19(2-1-11-24-21)20(18)12-14-3-7-17(23)8-4-14/h1-4,6-9,11-13H,5,10,23H2/b20-12-. The number of hydrogen-bond donors (Lipinski definition) is 1. The Morgan fingerprint density at radius 2 is 1.79 bits per heavy atom. The van der Waals surface area contributed by atoms with Crippen LogP contribution < -0.4 is 5.73 Å². The minimum atomic E-state index is -0.195. The van der Waals surface area contributed by atoms with Crippen molar-refractivity contribution in [3.63, 3.8) is 0 Å². The van der Waals surface area contributed by atoms with E-state index in [0.29, 0.717) is 0 Å². The summed E-state index contributed by atoms with van der Waals surface area (Å²) in [5.74, 6) is -0.195. The molecule has 1 aromatic heterocycles. The maximum atomic E-state index is 13.7. The third kappa shape index (κ3) is 2.69. The molecule has 0 saturated carbocycles. The number of anilines is 1. The summed E-state index contributed by atoms with van der Waals surface area (Å²) in [6, 6.07) is 16.8. The zero-order chi connectivity index (χ0) is 16.5. The topological polar surface area (TPSA) is 38.9 Å². The van der Waals surface area contributed by atoms with Crippen LogP contribution in [0, 0.1) is 5.82 Å². The molecular weight excluding hydrogens is 299 g/mol. The number of nitrogens with two attached hydrogens (primary N) is 1. The number of pyridine rings is 1. The molecule has 0 aliphatic heterocycles. The number of halogens is 1. The fourth-order valence-corrected chi connectivity index (χ4v) is 3.23. The van der Waals surface area contributed by atoms with E-state index in [-0.39, 0.29) is 5.82 Å². The average molecular weight is 316 g/mol. The molecule has 3 heteroatoms. The van der Waals surface area contributed by atoms with Crippen LogP contribution in [-0.2, 0) is 12.8 Å². The van der Waals surface area contributed by atoms with Crippen LogP contribution >= 0.6 is 0 Å². The van der Waals surface area contributed by atoms with Gasteiger partial charge >= 0.3 is 0 Å². The molecule has 3 aromatic rings. The highest BCUT2D eigenvalue weighted by Gasteiger charge is 2.19. The molecule has 0 spiro atoms. The molecule has 1 aliphatic carbocycles. The third-order valence-electron chi connectivity index (χ3n) is 4.42. The van der Waals surface area contributed by atoms with Gasteiger partial charge in [0, 0.05) is 23.1 Å². The van der Waals surface area contributed by atoms with Crippen molar-refractivity contribution in [2.75, 3.05) is 5.73 Å². The average Bonchev–Trinajstić information content (AvgIpc) is 2.74. The van der Waals surface area contributed by atoms with Gasteiger partial charge in [-0.25, -0.2) is 4.39 Å². The van der Waals surface area contributed by atoms with Gasteiger partial charge < -0.3 is 5.73 Å². The van der Waals surface area contributed by atoms with Crippen molar-refractivity contribution in [2.45, 2.75) is 12.8 Å². The van der Waals surface area contributed by atoms with Crippen molar-refractivity contribution in [3.05, 3.63) is 94.6 Å². The molecule has 4 rings (SSSR count). The summed E-state index contributed by atoms with van der Waals surface area (Å²) >= 11 is 0. The quantitative estimate of drug-likeness (QED) is 0.672. The van der Waals surface area contributed by atoms with E-state index in [2.05, 4.69) is 17.1 Å². The molecule has 2 N–H and O–H groups in total. The van der Waals surface area contributed by atoms with Gasteiger partial charge in [-0.15, -0.1) is 0 Å². The minimum absolute atomic E-state index is 0.195. The third-order valence-corrected chi connectivity index (χ3v) is 4.42. The number of benzene rings is 2. The van der Waals surface area contributed by atoms with Crippen LogP contribution in [0.2, 0.25) is 0 Å². The molecule has 0 saturated heterocycles. The Balaban J connectivity index is 1.95. The van der Waals surface area contributed by atoms with Gasteiger partial charge in [0.2, 0.25) is 0 Å². The Morgan fingerprint density at radius 3 is 2.62 bits per heavy atom. The summed E-state index contributed by atoms with van der Waals surface area (Å²) < 4.78 is 13.7. The fourth-order valence-electron chi connectivity index (χ4n) is 3.23. The van der Waals surface area contributed by atoms with Gasteiger partial charge in [0.05, 0.1) is 0 Å². The fraction of sp³-hybridized carbons (Fsp3) is 0.0952. The van der Waals surface area contributed by atoms with E-state index in [9.17, 15) is 4.39 Å². The highest BCUT2D eigenvalue weighted by atomic mass is 19.1. The summed E-state index contributed by atoms with van der Waals surface area (Å²) in [7, 11) is 0. The van der Waals surface area contributed by atoms with Crippen molar-refractivity contribution in [1.82, 2.24) is 4.98 Å². The lowest BCUT2D eigenvalue weighted by atomic mass is 9.93. The zero-order valence-corrected chi connectivity index (χ0v) is 13.2. The lowest BCUT2D eigenvalue weighted by Gasteiger charge is -2.12. The zero-order valence-electron chi connectivity index (χ0n) is 13.2. The molecule has 0 unspecified atom stereocenters. The van der Waals surface area contributed by atoms with Gasteiger partial charge in [-0.05, 0) is 71.5 Å². The smallest absolute Gasteiger partial charge is 0.123 e. The van der Waals surface area contributed by atoms with E-state index in [1.807, 2.05) is 42.6 Å². The minimum Gasteiger partial charge on any atom is -0.399 e. The Morgan fingerprint density at radius 1 is 0.958 bits per heavy atom. The van der Waals surface area contributed by atoms with Crippen LogP contribution in [0.5, 0.6) is 0 Å². The second-order valence-corrected chi connectivity index (χ2v) is 6.02. The molecule has 24 heavy (non-hydrogen) atoms. The predicted molar refractivity (Wildman–Crippen MR) is 95.9 cm³/mol. The Bertz CT molecular complexity index is 927. The van der Waals surface area contributed by atoms with E-state index in [0.717, 1.165) is 52.0 Å². The number of nitrogen functional groups attached to an aromatic ring is 1. The first-order valence-corrected chi connectivity index (χ1v) is 8.01. The van der Waals surface area contributed by atoms with E-state index in [1.54, 1.807) is 6.07 Å². The molecule has 0 amide bonds. The largest absolute Gasteiger partial charge is 0.399 e. The molecule has 1 heterocycles. The van der Waals surface area contributed by atoms with Gasteiger partial charge in [0.25, 0.3) is 0 Å². The van der Waals surface area contributed by atoms with Gasteiger partial charge in [0.15, 0.2) is 0 Å². The van der Waals surface area contributed by atoms with E-state index < -0.39 is 0 Å². The number of fused-ring (bicyclic) bond motifs is 2. The molecular formula is C21H17FN2. The normalized spacial score (nSPS) is 14.8. The van der Waals surface area contributed by atoms with E-state index in [4.69, 9.17) is 5.73 Å². The molecule has 0 atom stereocenters. The van der Waals surface area contributed by atoms with Crippen molar-refractivity contribution >= 4 is 17.3 Å². The molecule has 0 radical (unpaired) electrons. The van der Waals surface area contributed by atoms with Crippen LogP contribution in [0.4, 0.5) is 10.1 Å². The first-order chi connectivity index (χ1) is 11.7. The molecule has 2 nitrogen and oxygen atoms in total. The summed E-state index contributed by atoms with van der Waals surface area (Å²) in [4.78, 5) is 4.54. The highest BCUT2D eigenvalue weighted by molar-refractivity contribution is 5.93. The van der Waals surface area contributed by atoms with Crippen molar-refractivity contribution < 1.29 is 4.39 Å². The van der Waals surface area contributed by atoms with Crippen LogP contribution in [0.15, 0.2) is 60.8 Å². The second kappa shape index (κ2) is 5.93. The highest BCUT2D eigenvalue weighted by Crippen LogP contribution is 2.34. The van der Waals surface area contributed by atoms with E-state index >= 15 is 0 Å². The number of hydrogen-bond acceptors (Lipinski definition) is 2. The molecule has 2 aromatic carbocycles. The summed E-state index contributed by atoms with van der Waals surface area (Å²) in [5.41, 5.74) is 12.9.